The number of rotatable bonds is 5. The molecule has 0 amide bonds. The minimum atomic E-state index is -0.950. The molecule has 0 saturated carbocycles. The van der Waals surface area contributed by atoms with E-state index in [1.54, 1.807) is 12.4 Å². The lowest BCUT2D eigenvalue weighted by atomic mass is 10.4. The summed E-state index contributed by atoms with van der Waals surface area (Å²) in [4.78, 5) is 16.8. The van der Waals surface area contributed by atoms with E-state index in [0.29, 0.717) is 13.0 Å². The Labute approximate surface area is 81.5 Å². The Kier molecular flexibility index (Phi) is 5.92. The Morgan fingerprint density at radius 3 is 3.00 bits per heavy atom. The van der Waals surface area contributed by atoms with Crippen LogP contribution in [0.25, 0.3) is 0 Å². The van der Waals surface area contributed by atoms with E-state index in [1.165, 1.54) is 0 Å². The molecule has 0 radical (unpaired) electrons. The number of imidazole rings is 1. The molecule has 0 bridgehead atoms. The number of nitrogens with zero attached hydrogens (tertiary/aromatic N) is 1. The Bertz CT molecular complexity index is 238. The van der Waals surface area contributed by atoms with Crippen molar-refractivity contribution in [3.8, 4) is 0 Å². The average Bonchev–Trinajstić information content (AvgIpc) is 2.49. The highest BCUT2D eigenvalue weighted by atomic mass is 35.5. The van der Waals surface area contributed by atoms with E-state index in [1.807, 2.05) is 0 Å². The van der Waals surface area contributed by atoms with Gasteiger partial charge in [0.15, 0.2) is 0 Å². The van der Waals surface area contributed by atoms with Gasteiger partial charge >= 0.3 is 5.97 Å². The minimum Gasteiger partial charge on any atom is -0.480 e. The third kappa shape index (κ3) is 5.21. The maximum absolute atomic E-state index is 10.0. The minimum absolute atomic E-state index is 0. The van der Waals surface area contributed by atoms with Crippen LogP contribution in [-0.2, 0) is 16.0 Å². The van der Waals surface area contributed by atoms with Crippen LogP contribution >= 0.6 is 12.4 Å². The molecule has 2 N–H and O–H groups in total. The maximum Gasteiger partial charge on any atom is 0.329 e. The number of hydrogen-bond donors (Lipinski definition) is 2. The summed E-state index contributed by atoms with van der Waals surface area (Å²) < 4.78 is 4.81. The molecule has 0 aliphatic rings. The number of aromatic nitrogens is 2. The lowest BCUT2D eigenvalue weighted by Gasteiger charge is -1.97. The van der Waals surface area contributed by atoms with Gasteiger partial charge in [-0.3, -0.25) is 0 Å². The van der Waals surface area contributed by atoms with Crippen LogP contribution in [0, 0.1) is 0 Å². The second-order valence-corrected chi connectivity index (χ2v) is 2.23. The third-order valence-electron chi connectivity index (χ3n) is 1.26. The second kappa shape index (κ2) is 6.45. The lowest BCUT2D eigenvalue weighted by Crippen LogP contribution is -2.09. The largest absolute Gasteiger partial charge is 0.480 e. The normalized spacial score (nSPS) is 9.23. The molecule has 1 heterocycles. The summed E-state index contributed by atoms with van der Waals surface area (Å²) >= 11 is 0. The lowest BCUT2D eigenvalue weighted by molar-refractivity contribution is -0.142. The van der Waals surface area contributed by atoms with Crippen molar-refractivity contribution >= 4 is 18.4 Å². The molecule has 0 aromatic carbocycles. The number of aromatic amines is 1. The van der Waals surface area contributed by atoms with Gasteiger partial charge in [0.05, 0.1) is 6.61 Å². The zero-order valence-corrected chi connectivity index (χ0v) is 7.71. The van der Waals surface area contributed by atoms with Crippen molar-refractivity contribution in [2.75, 3.05) is 13.2 Å². The SMILES string of the molecule is Cl.O=C(O)COCCc1ncc[nH]1. The fraction of sp³-hybridized carbons (Fsp3) is 0.429. The highest BCUT2D eigenvalue weighted by Gasteiger charge is 1.97. The molecule has 1 rings (SSSR count). The van der Waals surface area contributed by atoms with Gasteiger partial charge in [0.2, 0.25) is 0 Å². The molecule has 1 aromatic rings. The van der Waals surface area contributed by atoms with Gasteiger partial charge in [0.1, 0.15) is 12.4 Å². The maximum atomic E-state index is 10.0. The number of nitrogens with one attached hydrogen (secondary N) is 1. The summed E-state index contributed by atoms with van der Waals surface area (Å²) in [5, 5.41) is 8.22. The molecular formula is C7H11ClN2O3. The van der Waals surface area contributed by atoms with Crippen LogP contribution in [-0.4, -0.2) is 34.3 Å². The first-order valence-corrected chi connectivity index (χ1v) is 3.57. The number of carboxylic acid groups (broad SMARTS) is 1. The number of H-pyrrole nitrogens is 1. The molecule has 0 spiro atoms. The third-order valence-corrected chi connectivity index (χ3v) is 1.26. The van der Waals surface area contributed by atoms with Crippen molar-refractivity contribution in [1.29, 1.82) is 0 Å². The summed E-state index contributed by atoms with van der Waals surface area (Å²) in [5.41, 5.74) is 0. The van der Waals surface area contributed by atoms with Crippen molar-refractivity contribution in [3.63, 3.8) is 0 Å². The standard InChI is InChI=1S/C7H10N2O3.ClH/c10-7(11)5-12-4-1-6-8-2-3-9-6;/h2-3H,1,4-5H2,(H,8,9)(H,10,11);1H. The van der Waals surface area contributed by atoms with Crippen LogP contribution in [0.2, 0.25) is 0 Å². The topological polar surface area (TPSA) is 75.2 Å². The van der Waals surface area contributed by atoms with Crippen molar-refractivity contribution in [2.24, 2.45) is 0 Å². The summed E-state index contributed by atoms with van der Waals surface area (Å²) in [5.74, 6) is -0.144. The number of halogens is 1. The summed E-state index contributed by atoms with van der Waals surface area (Å²) in [6, 6.07) is 0. The van der Waals surface area contributed by atoms with Crippen molar-refractivity contribution in [2.45, 2.75) is 6.42 Å². The molecule has 13 heavy (non-hydrogen) atoms. The van der Waals surface area contributed by atoms with E-state index in [-0.39, 0.29) is 19.0 Å². The van der Waals surface area contributed by atoms with E-state index in [2.05, 4.69) is 9.97 Å². The molecule has 5 nitrogen and oxygen atoms in total. The smallest absolute Gasteiger partial charge is 0.329 e. The van der Waals surface area contributed by atoms with E-state index < -0.39 is 5.97 Å². The average molecular weight is 207 g/mol. The first-order chi connectivity index (χ1) is 5.79. The first kappa shape index (κ1) is 11.9. The highest BCUT2D eigenvalue weighted by Crippen LogP contribution is 1.90. The summed E-state index contributed by atoms with van der Waals surface area (Å²) in [6.45, 7) is 0.126. The molecule has 0 saturated heterocycles. The van der Waals surface area contributed by atoms with E-state index in [4.69, 9.17) is 9.84 Å². The molecule has 0 fully saturated rings. The number of carbonyl (C=O) groups is 1. The quantitative estimate of drug-likeness (QED) is 0.687. The van der Waals surface area contributed by atoms with E-state index in [9.17, 15) is 4.79 Å². The van der Waals surface area contributed by atoms with Gasteiger partial charge in [0.25, 0.3) is 0 Å². The number of aliphatic carboxylic acids is 1. The molecular weight excluding hydrogens is 196 g/mol. The van der Waals surface area contributed by atoms with Crippen molar-refractivity contribution < 1.29 is 14.6 Å². The fourth-order valence-corrected chi connectivity index (χ4v) is 0.763. The van der Waals surface area contributed by atoms with Gasteiger partial charge in [-0.1, -0.05) is 0 Å². The Morgan fingerprint density at radius 2 is 2.46 bits per heavy atom. The van der Waals surface area contributed by atoms with Gasteiger partial charge in [0, 0.05) is 18.8 Å². The van der Waals surface area contributed by atoms with Gasteiger partial charge in [-0.2, -0.15) is 0 Å². The van der Waals surface area contributed by atoms with Crippen LogP contribution in [0.3, 0.4) is 0 Å². The fourth-order valence-electron chi connectivity index (χ4n) is 0.763. The van der Waals surface area contributed by atoms with Crippen LogP contribution in [0.4, 0.5) is 0 Å². The molecule has 1 aromatic heterocycles. The highest BCUT2D eigenvalue weighted by molar-refractivity contribution is 5.85. The molecule has 0 aliphatic heterocycles. The van der Waals surface area contributed by atoms with Gasteiger partial charge in [-0.15, -0.1) is 12.4 Å². The van der Waals surface area contributed by atoms with Gasteiger partial charge in [-0.25, -0.2) is 9.78 Å². The Morgan fingerprint density at radius 1 is 1.69 bits per heavy atom. The Hall–Kier alpha value is -1.07. The predicted octanol–water partition coefficient (Wildman–Crippen LogP) is 0.475. The number of carboxylic acids is 1. The number of ether oxygens (including phenoxy) is 1. The van der Waals surface area contributed by atoms with Crippen LogP contribution < -0.4 is 0 Å². The van der Waals surface area contributed by atoms with Crippen molar-refractivity contribution in [3.05, 3.63) is 18.2 Å². The zero-order chi connectivity index (χ0) is 8.81. The second-order valence-electron chi connectivity index (χ2n) is 2.23. The molecule has 0 aliphatic carbocycles. The number of hydrogen-bond acceptors (Lipinski definition) is 3. The van der Waals surface area contributed by atoms with Crippen LogP contribution in [0.15, 0.2) is 12.4 Å². The van der Waals surface area contributed by atoms with Gasteiger partial charge < -0.3 is 14.8 Å². The van der Waals surface area contributed by atoms with Crippen LogP contribution in [0.1, 0.15) is 5.82 Å². The molecule has 0 unspecified atom stereocenters. The van der Waals surface area contributed by atoms with Gasteiger partial charge in [-0.05, 0) is 0 Å². The monoisotopic (exact) mass is 206 g/mol. The summed E-state index contributed by atoms with van der Waals surface area (Å²) in [6.07, 6.45) is 3.97. The molecule has 74 valence electrons. The predicted molar refractivity (Wildman–Crippen MR) is 48.0 cm³/mol. The zero-order valence-electron chi connectivity index (χ0n) is 6.90. The molecule has 6 heteroatoms. The van der Waals surface area contributed by atoms with E-state index >= 15 is 0 Å². The summed E-state index contributed by atoms with van der Waals surface area (Å²) in [7, 11) is 0. The molecule has 0 atom stereocenters. The van der Waals surface area contributed by atoms with Crippen LogP contribution in [0.5, 0.6) is 0 Å². The van der Waals surface area contributed by atoms with Crippen molar-refractivity contribution in [1.82, 2.24) is 9.97 Å². The Balaban J connectivity index is 0.00000144. The van der Waals surface area contributed by atoms with E-state index in [0.717, 1.165) is 5.82 Å². The first-order valence-electron chi connectivity index (χ1n) is 3.57.